The number of fused-ring (bicyclic) bond motifs is 1. The highest BCUT2D eigenvalue weighted by Gasteiger charge is 2.45. The van der Waals surface area contributed by atoms with E-state index < -0.39 is 0 Å². The average Bonchev–Trinajstić information content (AvgIpc) is 2.96. The largest absolute Gasteiger partial charge is 0.493 e. The lowest BCUT2D eigenvalue weighted by molar-refractivity contribution is 0.187. The van der Waals surface area contributed by atoms with Crippen LogP contribution in [0.25, 0.3) is 0 Å². The summed E-state index contributed by atoms with van der Waals surface area (Å²) in [5.74, 6) is 2.45. The molecule has 98 valence electrons. The summed E-state index contributed by atoms with van der Waals surface area (Å²) in [6.07, 6.45) is 1.36. The Morgan fingerprint density at radius 2 is 2.06 bits per heavy atom. The van der Waals surface area contributed by atoms with Crippen molar-refractivity contribution in [3.8, 4) is 5.75 Å². The van der Waals surface area contributed by atoms with Gasteiger partial charge in [0.05, 0.1) is 6.61 Å². The molecule has 1 heterocycles. The zero-order chi connectivity index (χ0) is 12.8. The van der Waals surface area contributed by atoms with Crippen LogP contribution in [0.1, 0.15) is 38.8 Å². The van der Waals surface area contributed by atoms with Crippen LogP contribution < -0.4 is 10.1 Å². The topological polar surface area (TPSA) is 21.3 Å². The Morgan fingerprint density at radius 1 is 1.33 bits per heavy atom. The van der Waals surface area contributed by atoms with Crippen LogP contribution in [0.4, 0.5) is 0 Å². The fourth-order valence-corrected chi connectivity index (χ4v) is 3.00. The second-order valence-electron chi connectivity index (χ2n) is 6.60. The molecule has 1 aromatic rings. The Morgan fingerprint density at radius 3 is 2.78 bits per heavy atom. The molecule has 0 spiro atoms. The van der Waals surface area contributed by atoms with E-state index in [1.165, 1.54) is 12.0 Å². The summed E-state index contributed by atoms with van der Waals surface area (Å²) >= 11 is 0. The summed E-state index contributed by atoms with van der Waals surface area (Å²) in [6, 6.07) is 8.88. The second kappa shape index (κ2) is 4.27. The van der Waals surface area contributed by atoms with Gasteiger partial charge in [-0.3, -0.25) is 0 Å². The fraction of sp³-hybridized carbons (Fsp3) is 0.625. The molecule has 2 heteroatoms. The lowest BCUT2D eigenvalue weighted by Gasteiger charge is -2.32. The van der Waals surface area contributed by atoms with Crippen molar-refractivity contribution in [1.29, 1.82) is 0 Å². The Labute approximate surface area is 110 Å². The molecular formula is C16H23NO. The predicted molar refractivity (Wildman–Crippen MR) is 73.7 cm³/mol. The highest BCUT2D eigenvalue weighted by Crippen LogP contribution is 2.51. The van der Waals surface area contributed by atoms with Crippen LogP contribution in [-0.2, 0) is 0 Å². The Balaban J connectivity index is 1.71. The van der Waals surface area contributed by atoms with Gasteiger partial charge in [0.1, 0.15) is 5.75 Å². The van der Waals surface area contributed by atoms with Crippen LogP contribution in [0.2, 0.25) is 0 Å². The minimum Gasteiger partial charge on any atom is -0.493 e. The normalized spacial score (nSPS) is 32.5. The van der Waals surface area contributed by atoms with Gasteiger partial charge in [-0.15, -0.1) is 0 Å². The highest BCUT2D eigenvalue weighted by atomic mass is 16.5. The average molecular weight is 245 g/mol. The zero-order valence-corrected chi connectivity index (χ0v) is 11.6. The lowest BCUT2D eigenvalue weighted by Crippen LogP contribution is -2.35. The van der Waals surface area contributed by atoms with Gasteiger partial charge in [-0.2, -0.15) is 0 Å². The van der Waals surface area contributed by atoms with Crippen molar-refractivity contribution in [2.45, 2.75) is 33.2 Å². The zero-order valence-electron chi connectivity index (χ0n) is 11.6. The summed E-state index contributed by atoms with van der Waals surface area (Å²) in [5, 5.41) is 3.77. The summed E-state index contributed by atoms with van der Waals surface area (Å²) in [6.45, 7) is 8.95. The molecule has 1 aliphatic heterocycles. The third kappa shape index (κ3) is 2.14. The van der Waals surface area contributed by atoms with Crippen molar-refractivity contribution < 1.29 is 4.74 Å². The van der Waals surface area contributed by atoms with Crippen LogP contribution in [-0.4, -0.2) is 13.2 Å². The van der Waals surface area contributed by atoms with E-state index in [1.54, 1.807) is 0 Å². The van der Waals surface area contributed by atoms with Gasteiger partial charge in [0.25, 0.3) is 0 Å². The van der Waals surface area contributed by atoms with Crippen molar-refractivity contribution in [1.82, 2.24) is 5.32 Å². The number of para-hydroxylation sites is 1. The van der Waals surface area contributed by atoms with Gasteiger partial charge in [-0.25, -0.2) is 0 Å². The molecule has 3 rings (SSSR count). The van der Waals surface area contributed by atoms with Crippen molar-refractivity contribution in [3.05, 3.63) is 29.8 Å². The minimum atomic E-state index is 0.450. The second-order valence-corrected chi connectivity index (χ2v) is 6.60. The lowest BCUT2D eigenvalue weighted by atomic mass is 9.92. The van der Waals surface area contributed by atoms with E-state index in [-0.39, 0.29) is 0 Å². The van der Waals surface area contributed by atoms with Crippen LogP contribution in [0, 0.1) is 17.3 Å². The molecule has 2 nitrogen and oxygen atoms in total. The first-order valence-corrected chi connectivity index (χ1v) is 7.03. The van der Waals surface area contributed by atoms with E-state index in [9.17, 15) is 0 Å². The van der Waals surface area contributed by atoms with E-state index >= 15 is 0 Å². The quantitative estimate of drug-likeness (QED) is 0.881. The molecule has 1 aliphatic carbocycles. The van der Waals surface area contributed by atoms with Gasteiger partial charge in [0.2, 0.25) is 0 Å². The SMILES string of the molecule is CC1COc2ccccc2C1NCC1CC1(C)C. The van der Waals surface area contributed by atoms with Crippen molar-refractivity contribution in [2.24, 2.45) is 17.3 Å². The van der Waals surface area contributed by atoms with Crippen molar-refractivity contribution in [2.75, 3.05) is 13.2 Å². The summed E-state index contributed by atoms with van der Waals surface area (Å²) in [7, 11) is 0. The van der Waals surface area contributed by atoms with Crippen LogP contribution in [0.3, 0.4) is 0 Å². The Bertz CT molecular complexity index is 440. The first kappa shape index (κ1) is 12.0. The molecule has 2 aliphatic rings. The summed E-state index contributed by atoms with van der Waals surface area (Å²) in [5.41, 5.74) is 1.88. The number of ether oxygens (including phenoxy) is 1. The third-order valence-corrected chi connectivity index (χ3v) is 4.63. The van der Waals surface area contributed by atoms with Crippen molar-refractivity contribution in [3.63, 3.8) is 0 Å². The third-order valence-electron chi connectivity index (χ3n) is 4.63. The van der Waals surface area contributed by atoms with E-state index in [4.69, 9.17) is 4.74 Å². The minimum absolute atomic E-state index is 0.450. The summed E-state index contributed by atoms with van der Waals surface area (Å²) < 4.78 is 5.79. The van der Waals surface area contributed by atoms with Gasteiger partial charge in [-0.05, 0) is 30.4 Å². The number of benzene rings is 1. The number of rotatable bonds is 3. The molecule has 3 unspecified atom stereocenters. The molecule has 1 saturated carbocycles. The molecule has 1 fully saturated rings. The molecule has 1 N–H and O–H groups in total. The number of nitrogens with one attached hydrogen (secondary N) is 1. The van der Waals surface area contributed by atoms with Gasteiger partial charge in [0.15, 0.2) is 0 Å². The van der Waals surface area contributed by atoms with Gasteiger partial charge in [0, 0.05) is 17.5 Å². The molecule has 1 aromatic carbocycles. The maximum absolute atomic E-state index is 5.79. The van der Waals surface area contributed by atoms with Crippen LogP contribution in [0.5, 0.6) is 5.75 Å². The Hall–Kier alpha value is -1.02. The maximum Gasteiger partial charge on any atom is 0.124 e. The molecular weight excluding hydrogens is 222 g/mol. The van der Waals surface area contributed by atoms with E-state index in [0.29, 0.717) is 17.4 Å². The smallest absolute Gasteiger partial charge is 0.124 e. The molecule has 0 radical (unpaired) electrons. The first-order valence-electron chi connectivity index (χ1n) is 7.03. The molecule has 0 bridgehead atoms. The molecule has 0 amide bonds. The first-order chi connectivity index (χ1) is 8.58. The maximum atomic E-state index is 5.79. The van der Waals surface area contributed by atoms with Crippen LogP contribution >= 0.6 is 0 Å². The summed E-state index contributed by atoms with van der Waals surface area (Å²) in [4.78, 5) is 0. The fourth-order valence-electron chi connectivity index (χ4n) is 3.00. The van der Waals surface area contributed by atoms with E-state index in [2.05, 4.69) is 50.4 Å². The molecule has 0 saturated heterocycles. The van der Waals surface area contributed by atoms with Crippen molar-refractivity contribution >= 4 is 0 Å². The molecule has 18 heavy (non-hydrogen) atoms. The standard InChI is InChI=1S/C16H23NO/c1-11-10-18-14-7-5-4-6-13(14)15(11)17-9-12-8-16(12,2)3/h4-7,11-12,15,17H,8-10H2,1-3H3. The number of hydrogen-bond acceptors (Lipinski definition) is 2. The Kier molecular flexibility index (Phi) is 2.86. The monoisotopic (exact) mass is 245 g/mol. The molecule has 0 aromatic heterocycles. The molecule has 3 atom stereocenters. The van der Waals surface area contributed by atoms with Gasteiger partial charge < -0.3 is 10.1 Å². The van der Waals surface area contributed by atoms with Crippen LogP contribution in [0.15, 0.2) is 24.3 Å². The van der Waals surface area contributed by atoms with Gasteiger partial charge in [-0.1, -0.05) is 39.0 Å². The van der Waals surface area contributed by atoms with E-state index in [0.717, 1.165) is 24.8 Å². The number of hydrogen-bond donors (Lipinski definition) is 1. The highest BCUT2D eigenvalue weighted by molar-refractivity contribution is 5.37. The van der Waals surface area contributed by atoms with E-state index in [1.807, 2.05) is 0 Å². The predicted octanol–water partition coefficient (Wildman–Crippen LogP) is 3.39. The van der Waals surface area contributed by atoms with Gasteiger partial charge >= 0.3 is 0 Å².